The van der Waals surface area contributed by atoms with Crippen molar-refractivity contribution in [1.82, 2.24) is 19.3 Å². The number of fused-ring (bicyclic) bond motifs is 1. The molecule has 0 saturated heterocycles. The van der Waals surface area contributed by atoms with Gasteiger partial charge in [-0.15, -0.1) is 0 Å². The van der Waals surface area contributed by atoms with E-state index in [9.17, 15) is 8.42 Å². The van der Waals surface area contributed by atoms with E-state index < -0.39 is 10.0 Å². The number of sulfonamides is 1. The molecule has 0 aliphatic carbocycles. The van der Waals surface area contributed by atoms with Crippen molar-refractivity contribution in [2.45, 2.75) is 20.0 Å². The number of hydrogen-bond donors (Lipinski definition) is 2. The van der Waals surface area contributed by atoms with E-state index in [1.165, 1.54) is 0 Å². The largest absolute Gasteiger partial charge is 0.366 e. The van der Waals surface area contributed by atoms with Crippen molar-refractivity contribution in [3.8, 4) is 11.3 Å². The van der Waals surface area contributed by atoms with Crippen molar-refractivity contribution in [1.29, 1.82) is 0 Å². The van der Waals surface area contributed by atoms with Crippen LogP contribution in [0, 0.1) is 0 Å². The minimum Gasteiger partial charge on any atom is -0.366 e. The molecule has 4 aromatic rings. The van der Waals surface area contributed by atoms with E-state index in [1.807, 2.05) is 54.6 Å². The third kappa shape index (κ3) is 5.12. The SMILES string of the molecule is CCS(=O)(=O)NCc1cccc(CNc2cc(-c3ccccc3Cl)nc3c(Br)cnn23)c1. The summed E-state index contributed by atoms with van der Waals surface area (Å²) in [5, 5.41) is 8.44. The van der Waals surface area contributed by atoms with E-state index in [0.717, 1.165) is 32.7 Å². The van der Waals surface area contributed by atoms with Gasteiger partial charge in [-0.2, -0.15) is 9.61 Å². The molecule has 0 radical (unpaired) electrons. The molecule has 0 fully saturated rings. The van der Waals surface area contributed by atoms with Gasteiger partial charge >= 0.3 is 0 Å². The number of aromatic nitrogens is 3. The summed E-state index contributed by atoms with van der Waals surface area (Å²) in [7, 11) is -3.24. The minimum absolute atomic E-state index is 0.0550. The molecule has 2 aromatic heterocycles. The molecule has 2 N–H and O–H groups in total. The molecule has 32 heavy (non-hydrogen) atoms. The lowest BCUT2D eigenvalue weighted by Crippen LogP contribution is -2.24. The van der Waals surface area contributed by atoms with Crippen LogP contribution in [0.15, 0.2) is 65.3 Å². The molecule has 7 nitrogen and oxygen atoms in total. The van der Waals surface area contributed by atoms with Gasteiger partial charge in [0.15, 0.2) is 5.65 Å². The lowest BCUT2D eigenvalue weighted by molar-refractivity contribution is 0.582. The van der Waals surface area contributed by atoms with E-state index >= 15 is 0 Å². The van der Waals surface area contributed by atoms with Crippen LogP contribution in [0.25, 0.3) is 16.9 Å². The van der Waals surface area contributed by atoms with E-state index in [4.69, 9.17) is 16.6 Å². The Hall–Kier alpha value is -2.46. The second kappa shape index (κ2) is 9.58. The van der Waals surface area contributed by atoms with Crippen LogP contribution in [-0.2, 0) is 23.1 Å². The second-order valence-electron chi connectivity index (χ2n) is 7.13. The zero-order valence-electron chi connectivity index (χ0n) is 17.2. The Kier molecular flexibility index (Phi) is 6.80. The lowest BCUT2D eigenvalue weighted by atomic mass is 10.1. The first-order valence-electron chi connectivity index (χ1n) is 9.94. The summed E-state index contributed by atoms with van der Waals surface area (Å²) in [6.45, 7) is 2.39. The number of nitrogens with zero attached hydrogens (tertiary/aromatic N) is 3. The molecule has 0 aliphatic rings. The first kappa shape index (κ1) is 22.7. The molecule has 4 rings (SSSR count). The zero-order chi connectivity index (χ0) is 22.7. The highest BCUT2D eigenvalue weighted by atomic mass is 79.9. The van der Waals surface area contributed by atoms with Crippen LogP contribution in [0.4, 0.5) is 5.82 Å². The van der Waals surface area contributed by atoms with Crippen molar-refractivity contribution in [3.05, 3.63) is 81.4 Å². The number of anilines is 1. The molecule has 0 unspecified atom stereocenters. The Labute approximate surface area is 200 Å². The van der Waals surface area contributed by atoms with Gasteiger partial charge in [0.25, 0.3) is 0 Å². The number of halogens is 2. The second-order valence-corrected chi connectivity index (χ2v) is 10.5. The maximum absolute atomic E-state index is 11.7. The fraction of sp³-hybridized carbons (Fsp3) is 0.182. The van der Waals surface area contributed by atoms with E-state index in [-0.39, 0.29) is 12.3 Å². The highest BCUT2D eigenvalue weighted by molar-refractivity contribution is 9.10. The van der Waals surface area contributed by atoms with Gasteiger partial charge in [-0.3, -0.25) is 0 Å². The summed E-state index contributed by atoms with van der Waals surface area (Å²) in [6.07, 6.45) is 1.70. The van der Waals surface area contributed by atoms with Crippen molar-refractivity contribution < 1.29 is 8.42 Å². The average molecular weight is 535 g/mol. The topological polar surface area (TPSA) is 88.4 Å². The first-order valence-corrected chi connectivity index (χ1v) is 12.8. The van der Waals surface area contributed by atoms with Crippen molar-refractivity contribution in [2.24, 2.45) is 0 Å². The third-order valence-electron chi connectivity index (χ3n) is 4.92. The van der Waals surface area contributed by atoms with Gasteiger partial charge in [-0.05, 0) is 40.0 Å². The lowest BCUT2D eigenvalue weighted by Gasteiger charge is -2.12. The number of rotatable bonds is 8. The highest BCUT2D eigenvalue weighted by Crippen LogP contribution is 2.30. The number of nitrogens with one attached hydrogen (secondary N) is 2. The van der Waals surface area contributed by atoms with Crippen molar-refractivity contribution >= 4 is 49.0 Å². The molecule has 0 aliphatic heterocycles. The predicted octanol–water partition coefficient (Wildman–Crippen LogP) is 4.86. The van der Waals surface area contributed by atoms with Crippen LogP contribution in [0.3, 0.4) is 0 Å². The maximum Gasteiger partial charge on any atom is 0.211 e. The molecule has 0 bridgehead atoms. The standard InChI is InChI=1S/C22H21BrClN5O2S/c1-2-32(30,31)27-13-16-7-5-6-15(10-16)12-25-21-11-20(17-8-3-4-9-19(17)24)28-22-18(23)14-26-29(21)22/h3-11,14,25,27H,2,12-13H2,1H3. The van der Waals surface area contributed by atoms with Crippen LogP contribution in [-0.4, -0.2) is 28.8 Å². The molecule has 0 atom stereocenters. The highest BCUT2D eigenvalue weighted by Gasteiger charge is 2.13. The summed E-state index contributed by atoms with van der Waals surface area (Å²) >= 11 is 9.90. The summed E-state index contributed by atoms with van der Waals surface area (Å²) in [5.41, 5.74) is 4.13. The van der Waals surface area contributed by atoms with Gasteiger partial charge in [0, 0.05) is 29.7 Å². The molecular weight excluding hydrogens is 514 g/mol. The maximum atomic E-state index is 11.7. The summed E-state index contributed by atoms with van der Waals surface area (Å²) < 4.78 is 28.5. The van der Waals surface area contributed by atoms with Crippen LogP contribution in [0.2, 0.25) is 5.02 Å². The first-order chi connectivity index (χ1) is 15.4. The fourth-order valence-corrected chi connectivity index (χ4v) is 4.38. The minimum atomic E-state index is -3.24. The van der Waals surface area contributed by atoms with Gasteiger partial charge in [-0.1, -0.05) is 54.1 Å². The molecule has 0 spiro atoms. The van der Waals surface area contributed by atoms with Crippen LogP contribution in [0.1, 0.15) is 18.1 Å². The molecule has 0 saturated carbocycles. The molecule has 0 amide bonds. The number of benzene rings is 2. The van der Waals surface area contributed by atoms with Crippen molar-refractivity contribution in [3.63, 3.8) is 0 Å². The van der Waals surface area contributed by atoms with Crippen LogP contribution < -0.4 is 10.0 Å². The summed E-state index contributed by atoms with van der Waals surface area (Å²) in [4.78, 5) is 4.71. The quantitative estimate of drug-likeness (QED) is 0.337. The Morgan fingerprint density at radius 2 is 1.81 bits per heavy atom. The van der Waals surface area contributed by atoms with Gasteiger partial charge in [0.2, 0.25) is 10.0 Å². The Bertz CT molecular complexity index is 1370. The normalized spacial score (nSPS) is 11.7. The molecular formula is C22H21BrClN5O2S. The Balaban J connectivity index is 1.60. The van der Waals surface area contributed by atoms with Crippen molar-refractivity contribution in [2.75, 3.05) is 11.1 Å². The fourth-order valence-electron chi connectivity index (χ4n) is 3.21. The van der Waals surface area contributed by atoms with Gasteiger partial charge in [0.1, 0.15) is 5.82 Å². The molecule has 2 heterocycles. The predicted molar refractivity (Wildman–Crippen MR) is 131 cm³/mol. The molecule has 166 valence electrons. The monoisotopic (exact) mass is 533 g/mol. The number of hydrogen-bond acceptors (Lipinski definition) is 5. The van der Waals surface area contributed by atoms with Crippen LogP contribution in [0.5, 0.6) is 0 Å². The summed E-state index contributed by atoms with van der Waals surface area (Å²) in [6, 6.07) is 17.2. The van der Waals surface area contributed by atoms with Crippen LogP contribution >= 0.6 is 27.5 Å². The Morgan fingerprint density at radius 3 is 2.56 bits per heavy atom. The molecule has 2 aromatic carbocycles. The zero-order valence-corrected chi connectivity index (χ0v) is 20.4. The van der Waals surface area contributed by atoms with E-state index in [0.29, 0.717) is 17.2 Å². The Morgan fingerprint density at radius 1 is 1.06 bits per heavy atom. The molecule has 10 heteroatoms. The van der Waals surface area contributed by atoms with E-state index in [1.54, 1.807) is 17.6 Å². The smallest absolute Gasteiger partial charge is 0.211 e. The third-order valence-corrected chi connectivity index (χ3v) is 7.15. The van der Waals surface area contributed by atoms with Gasteiger partial charge in [-0.25, -0.2) is 18.1 Å². The van der Waals surface area contributed by atoms with Gasteiger partial charge < -0.3 is 5.32 Å². The van der Waals surface area contributed by atoms with Gasteiger partial charge in [0.05, 0.1) is 22.1 Å². The average Bonchev–Trinajstić information content (AvgIpc) is 3.17. The summed E-state index contributed by atoms with van der Waals surface area (Å²) in [5.74, 6) is 0.812. The van der Waals surface area contributed by atoms with E-state index in [2.05, 4.69) is 31.1 Å².